The molecule has 0 bridgehead atoms. The second-order valence-electron chi connectivity index (χ2n) is 4.09. The van der Waals surface area contributed by atoms with Gasteiger partial charge in [0.2, 0.25) is 0 Å². The van der Waals surface area contributed by atoms with Gasteiger partial charge in [0.25, 0.3) is 0 Å². The number of hydrogen-bond donors (Lipinski definition) is 0. The molecule has 0 spiro atoms. The minimum absolute atomic E-state index is 0.346. The van der Waals surface area contributed by atoms with Crippen molar-refractivity contribution in [2.45, 2.75) is 16.8 Å². The van der Waals surface area contributed by atoms with E-state index in [-0.39, 0.29) is 5.56 Å². The average Bonchev–Trinajstić information content (AvgIpc) is 2.45. The fraction of sp³-hybridized carbons (Fsp3) is 0.133. The van der Waals surface area contributed by atoms with Crippen molar-refractivity contribution in [3.8, 4) is 6.07 Å². The first kappa shape index (κ1) is 14.5. The Morgan fingerprint density at radius 3 is 2.35 bits per heavy atom. The molecule has 0 amide bonds. The van der Waals surface area contributed by atoms with Gasteiger partial charge in [-0.15, -0.1) is 11.8 Å². The largest absolute Gasteiger partial charge is 0.417 e. The third kappa shape index (κ3) is 3.55. The highest BCUT2D eigenvalue weighted by atomic mass is 32.2. The highest BCUT2D eigenvalue weighted by Crippen LogP contribution is 2.35. The van der Waals surface area contributed by atoms with Crippen LogP contribution in [0.4, 0.5) is 13.2 Å². The van der Waals surface area contributed by atoms with E-state index < -0.39 is 11.7 Å². The Labute approximate surface area is 119 Å². The summed E-state index contributed by atoms with van der Waals surface area (Å²) in [6.07, 6.45) is -4.51. The topological polar surface area (TPSA) is 23.8 Å². The third-order valence-electron chi connectivity index (χ3n) is 2.67. The fourth-order valence-electron chi connectivity index (χ4n) is 1.69. The van der Waals surface area contributed by atoms with Gasteiger partial charge in [-0.1, -0.05) is 30.3 Å². The van der Waals surface area contributed by atoms with Gasteiger partial charge >= 0.3 is 6.18 Å². The molecule has 0 fully saturated rings. The molecular weight excluding hydrogens is 283 g/mol. The van der Waals surface area contributed by atoms with Crippen molar-refractivity contribution in [2.75, 3.05) is 0 Å². The zero-order valence-corrected chi connectivity index (χ0v) is 11.1. The van der Waals surface area contributed by atoms with Crippen LogP contribution in [0.15, 0.2) is 53.4 Å². The number of hydrogen-bond acceptors (Lipinski definition) is 2. The highest BCUT2D eigenvalue weighted by molar-refractivity contribution is 7.98. The first-order chi connectivity index (χ1) is 9.50. The van der Waals surface area contributed by atoms with Crippen LogP contribution < -0.4 is 0 Å². The number of halogens is 3. The Kier molecular flexibility index (Phi) is 4.35. The standard InChI is InChI=1S/C15H10F3NS/c16-15(17,18)14-8-13(7-6-12(14)9-19)20-10-11-4-2-1-3-5-11/h1-8H,10H2. The molecule has 0 aliphatic carbocycles. The van der Waals surface area contributed by atoms with E-state index >= 15 is 0 Å². The van der Waals surface area contributed by atoms with Crippen molar-refractivity contribution < 1.29 is 13.2 Å². The van der Waals surface area contributed by atoms with E-state index in [1.807, 2.05) is 30.3 Å². The first-order valence-electron chi connectivity index (χ1n) is 5.79. The highest BCUT2D eigenvalue weighted by Gasteiger charge is 2.33. The third-order valence-corrected chi connectivity index (χ3v) is 3.73. The van der Waals surface area contributed by atoms with Crippen LogP contribution in [0.3, 0.4) is 0 Å². The monoisotopic (exact) mass is 293 g/mol. The molecule has 0 radical (unpaired) electrons. The predicted molar refractivity (Wildman–Crippen MR) is 72.2 cm³/mol. The fourth-order valence-corrected chi connectivity index (χ4v) is 2.58. The zero-order chi connectivity index (χ0) is 14.6. The molecule has 0 aliphatic rings. The molecule has 2 aromatic rings. The van der Waals surface area contributed by atoms with Gasteiger partial charge in [0.05, 0.1) is 17.2 Å². The Hall–Kier alpha value is -1.93. The molecule has 2 rings (SSSR count). The Balaban J connectivity index is 2.20. The number of alkyl halides is 3. The van der Waals surface area contributed by atoms with Crippen LogP contribution >= 0.6 is 11.8 Å². The van der Waals surface area contributed by atoms with Gasteiger partial charge in [0.1, 0.15) is 0 Å². The van der Waals surface area contributed by atoms with Crippen LogP contribution in [0.1, 0.15) is 16.7 Å². The van der Waals surface area contributed by atoms with Gasteiger partial charge in [0.15, 0.2) is 0 Å². The van der Waals surface area contributed by atoms with E-state index in [1.165, 1.54) is 17.8 Å². The second kappa shape index (κ2) is 6.02. The predicted octanol–water partition coefficient (Wildman–Crippen LogP) is 4.87. The molecule has 5 heteroatoms. The lowest BCUT2D eigenvalue weighted by Crippen LogP contribution is -2.07. The molecule has 0 atom stereocenters. The first-order valence-corrected chi connectivity index (χ1v) is 6.77. The molecule has 0 aliphatic heterocycles. The minimum Gasteiger partial charge on any atom is -0.192 e. The molecule has 0 unspecified atom stereocenters. The van der Waals surface area contributed by atoms with E-state index in [4.69, 9.17) is 5.26 Å². The molecule has 0 saturated heterocycles. The Morgan fingerprint density at radius 1 is 1.05 bits per heavy atom. The summed E-state index contributed by atoms with van der Waals surface area (Å²) >= 11 is 1.31. The molecule has 0 aromatic heterocycles. The summed E-state index contributed by atoms with van der Waals surface area (Å²) in [5.74, 6) is 0.587. The van der Waals surface area contributed by atoms with Crippen LogP contribution in [0.5, 0.6) is 0 Å². The van der Waals surface area contributed by atoms with Gasteiger partial charge in [-0.25, -0.2) is 0 Å². The quantitative estimate of drug-likeness (QED) is 0.754. The molecule has 0 heterocycles. The lowest BCUT2D eigenvalue weighted by molar-refractivity contribution is -0.137. The van der Waals surface area contributed by atoms with E-state index in [0.29, 0.717) is 10.6 Å². The Morgan fingerprint density at radius 2 is 1.75 bits per heavy atom. The van der Waals surface area contributed by atoms with Crippen LogP contribution in [-0.2, 0) is 11.9 Å². The zero-order valence-electron chi connectivity index (χ0n) is 10.3. The SMILES string of the molecule is N#Cc1ccc(SCc2ccccc2)cc1C(F)(F)F. The van der Waals surface area contributed by atoms with Crippen LogP contribution in [0.2, 0.25) is 0 Å². The number of thioether (sulfide) groups is 1. The maximum Gasteiger partial charge on any atom is 0.417 e. The van der Waals surface area contributed by atoms with E-state index in [0.717, 1.165) is 11.6 Å². The smallest absolute Gasteiger partial charge is 0.192 e. The number of benzene rings is 2. The molecule has 1 nitrogen and oxygen atoms in total. The van der Waals surface area contributed by atoms with Gasteiger partial charge < -0.3 is 0 Å². The van der Waals surface area contributed by atoms with E-state index in [1.54, 1.807) is 12.1 Å². The van der Waals surface area contributed by atoms with Gasteiger partial charge in [-0.2, -0.15) is 18.4 Å². The maximum atomic E-state index is 12.8. The molecular formula is C15H10F3NS. The average molecular weight is 293 g/mol. The summed E-state index contributed by atoms with van der Waals surface area (Å²) in [5.41, 5.74) is -0.185. The Bertz CT molecular complexity index is 630. The molecule has 0 N–H and O–H groups in total. The summed E-state index contributed by atoms with van der Waals surface area (Å²) < 4.78 is 38.5. The molecule has 0 saturated carbocycles. The minimum atomic E-state index is -4.51. The van der Waals surface area contributed by atoms with Gasteiger partial charge in [-0.3, -0.25) is 0 Å². The number of nitrogens with zero attached hydrogens (tertiary/aromatic N) is 1. The van der Waals surface area contributed by atoms with Crippen LogP contribution in [0.25, 0.3) is 0 Å². The van der Waals surface area contributed by atoms with Crippen molar-refractivity contribution in [3.05, 3.63) is 65.2 Å². The normalized spacial score (nSPS) is 11.1. The summed E-state index contributed by atoms with van der Waals surface area (Å²) in [6.45, 7) is 0. The number of rotatable bonds is 3. The molecule has 20 heavy (non-hydrogen) atoms. The molecule has 2 aromatic carbocycles. The second-order valence-corrected chi connectivity index (χ2v) is 5.14. The van der Waals surface area contributed by atoms with Gasteiger partial charge in [-0.05, 0) is 23.8 Å². The van der Waals surface area contributed by atoms with Gasteiger partial charge in [0, 0.05) is 10.6 Å². The summed E-state index contributed by atoms with van der Waals surface area (Å²) in [6, 6.07) is 14.9. The summed E-state index contributed by atoms with van der Waals surface area (Å²) in [5, 5.41) is 8.72. The lowest BCUT2D eigenvalue weighted by Gasteiger charge is -2.10. The van der Waals surface area contributed by atoms with E-state index in [2.05, 4.69) is 0 Å². The maximum absolute atomic E-state index is 12.8. The van der Waals surface area contributed by atoms with Crippen molar-refractivity contribution in [1.82, 2.24) is 0 Å². The lowest BCUT2D eigenvalue weighted by atomic mass is 10.1. The van der Waals surface area contributed by atoms with Crippen LogP contribution in [0, 0.1) is 11.3 Å². The van der Waals surface area contributed by atoms with Crippen molar-refractivity contribution in [3.63, 3.8) is 0 Å². The van der Waals surface area contributed by atoms with Crippen molar-refractivity contribution in [1.29, 1.82) is 5.26 Å². The summed E-state index contributed by atoms with van der Waals surface area (Å²) in [7, 11) is 0. The van der Waals surface area contributed by atoms with Crippen molar-refractivity contribution in [2.24, 2.45) is 0 Å². The number of nitriles is 1. The van der Waals surface area contributed by atoms with E-state index in [9.17, 15) is 13.2 Å². The summed E-state index contributed by atoms with van der Waals surface area (Å²) in [4.78, 5) is 0.500. The van der Waals surface area contributed by atoms with Crippen LogP contribution in [-0.4, -0.2) is 0 Å². The molecule has 102 valence electrons. The van der Waals surface area contributed by atoms with Crippen molar-refractivity contribution >= 4 is 11.8 Å².